The molecule has 0 spiro atoms. The third-order valence-electron chi connectivity index (χ3n) is 5.30. The van der Waals surface area contributed by atoms with Gasteiger partial charge in [-0.3, -0.25) is 4.79 Å². The van der Waals surface area contributed by atoms with Crippen LogP contribution in [0.3, 0.4) is 0 Å². The highest BCUT2D eigenvalue weighted by atomic mass is 35.5. The van der Waals surface area contributed by atoms with Gasteiger partial charge in [-0.1, -0.05) is 48.3 Å². The fraction of sp³-hybridized carbons (Fsp3) is 0.261. The molecule has 0 saturated carbocycles. The average molecular weight is 473 g/mol. The van der Waals surface area contributed by atoms with E-state index >= 15 is 0 Å². The molecular formula is C23H22Cl2N4O3. The van der Waals surface area contributed by atoms with Gasteiger partial charge in [-0.2, -0.15) is 0 Å². The Balaban J connectivity index is 2.07. The summed E-state index contributed by atoms with van der Waals surface area (Å²) >= 11 is 12.3. The molecule has 32 heavy (non-hydrogen) atoms. The molecule has 0 atom stereocenters. The van der Waals surface area contributed by atoms with Crippen molar-refractivity contribution in [3.63, 3.8) is 0 Å². The lowest BCUT2D eigenvalue weighted by atomic mass is 10.1. The number of halogens is 2. The van der Waals surface area contributed by atoms with Crippen LogP contribution >= 0.6 is 23.2 Å². The van der Waals surface area contributed by atoms with Crippen LogP contribution in [0, 0.1) is 0 Å². The predicted molar refractivity (Wildman–Crippen MR) is 127 cm³/mol. The highest BCUT2D eigenvalue weighted by Gasteiger charge is 2.21. The number of rotatable bonds is 6. The second kappa shape index (κ2) is 8.94. The third kappa shape index (κ3) is 3.88. The summed E-state index contributed by atoms with van der Waals surface area (Å²) in [6.07, 6.45) is 3.53. The van der Waals surface area contributed by atoms with E-state index in [1.807, 2.05) is 18.3 Å². The van der Waals surface area contributed by atoms with E-state index in [2.05, 4.69) is 22.5 Å². The van der Waals surface area contributed by atoms with Gasteiger partial charge in [-0.25, -0.2) is 9.78 Å². The Kier molecular flexibility index (Phi) is 6.24. The Morgan fingerprint density at radius 3 is 2.66 bits per heavy atom. The van der Waals surface area contributed by atoms with Crippen LogP contribution < -0.4 is 16.1 Å². The van der Waals surface area contributed by atoms with Gasteiger partial charge in [0, 0.05) is 30.6 Å². The SMILES string of the molecule is CCc1cccc2c(-c3nc4cc(Cl)c(Cl)cc4n(OC(C)=O)c3=O)cn(CCCN)c12. The average Bonchev–Trinajstić information content (AvgIpc) is 3.14. The number of para-hydroxylation sites is 1. The summed E-state index contributed by atoms with van der Waals surface area (Å²) in [5.41, 5.74) is 8.80. The molecule has 0 aliphatic rings. The number of aromatic nitrogens is 3. The number of nitrogens with zero attached hydrogens (tertiary/aromatic N) is 3. The van der Waals surface area contributed by atoms with Gasteiger partial charge >= 0.3 is 11.5 Å². The van der Waals surface area contributed by atoms with Crippen LogP contribution in [0.2, 0.25) is 10.0 Å². The third-order valence-corrected chi connectivity index (χ3v) is 6.02. The molecule has 2 aromatic heterocycles. The van der Waals surface area contributed by atoms with Crippen molar-refractivity contribution in [1.29, 1.82) is 0 Å². The molecule has 0 aliphatic heterocycles. The van der Waals surface area contributed by atoms with Gasteiger partial charge in [0.25, 0.3) is 0 Å². The number of carbonyl (C=O) groups is 1. The van der Waals surface area contributed by atoms with Crippen molar-refractivity contribution in [2.24, 2.45) is 5.73 Å². The van der Waals surface area contributed by atoms with Gasteiger partial charge in [0.2, 0.25) is 0 Å². The van der Waals surface area contributed by atoms with Crippen molar-refractivity contribution >= 4 is 51.1 Å². The van der Waals surface area contributed by atoms with Crippen molar-refractivity contribution < 1.29 is 9.63 Å². The number of hydrogen-bond donors (Lipinski definition) is 1. The lowest BCUT2D eigenvalue weighted by molar-refractivity contribution is -0.141. The maximum Gasteiger partial charge on any atom is 0.330 e. The van der Waals surface area contributed by atoms with Gasteiger partial charge < -0.3 is 15.1 Å². The second-order valence-electron chi connectivity index (χ2n) is 7.44. The molecule has 4 aromatic rings. The first-order valence-electron chi connectivity index (χ1n) is 10.3. The van der Waals surface area contributed by atoms with Crippen molar-refractivity contribution in [2.75, 3.05) is 6.54 Å². The van der Waals surface area contributed by atoms with Crippen molar-refractivity contribution in [3.05, 3.63) is 62.5 Å². The van der Waals surface area contributed by atoms with E-state index in [1.165, 1.54) is 13.0 Å². The molecule has 2 N–H and O–H groups in total. The summed E-state index contributed by atoms with van der Waals surface area (Å²) in [6.45, 7) is 4.57. The Morgan fingerprint density at radius 2 is 1.97 bits per heavy atom. The summed E-state index contributed by atoms with van der Waals surface area (Å²) < 4.78 is 3.03. The maximum absolute atomic E-state index is 13.5. The van der Waals surface area contributed by atoms with E-state index in [0.717, 1.165) is 34.0 Å². The van der Waals surface area contributed by atoms with Crippen molar-refractivity contribution in [2.45, 2.75) is 33.2 Å². The van der Waals surface area contributed by atoms with Crippen LogP contribution in [0.15, 0.2) is 41.3 Å². The van der Waals surface area contributed by atoms with Gasteiger partial charge in [0.15, 0.2) is 0 Å². The number of aryl methyl sites for hydroxylation is 2. The number of hydrogen-bond acceptors (Lipinski definition) is 5. The topological polar surface area (TPSA) is 92.1 Å². The Bertz CT molecular complexity index is 1410. The van der Waals surface area contributed by atoms with Crippen LogP contribution in [-0.2, 0) is 17.8 Å². The van der Waals surface area contributed by atoms with Gasteiger partial charge in [0.1, 0.15) is 11.2 Å². The predicted octanol–water partition coefficient (Wildman–Crippen LogP) is 4.21. The lowest BCUT2D eigenvalue weighted by Gasteiger charge is -2.11. The molecule has 0 unspecified atom stereocenters. The van der Waals surface area contributed by atoms with Crippen LogP contribution in [0.25, 0.3) is 33.2 Å². The Labute approximate surface area is 194 Å². The zero-order valence-corrected chi connectivity index (χ0v) is 19.2. The normalized spacial score (nSPS) is 11.4. The zero-order valence-electron chi connectivity index (χ0n) is 17.7. The molecule has 0 fully saturated rings. The molecule has 166 valence electrons. The van der Waals surface area contributed by atoms with E-state index in [9.17, 15) is 9.59 Å². The fourth-order valence-corrected chi connectivity index (χ4v) is 4.21. The molecule has 7 nitrogen and oxygen atoms in total. The molecule has 0 aliphatic carbocycles. The van der Waals surface area contributed by atoms with E-state index < -0.39 is 11.5 Å². The second-order valence-corrected chi connectivity index (χ2v) is 8.26. The minimum atomic E-state index is -0.643. The van der Waals surface area contributed by atoms with E-state index in [1.54, 1.807) is 6.07 Å². The molecule has 0 radical (unpaired) electrons. The molecule has 0 bridgehead atoms. The fourth-order valence-electron chi connectivity index (χ4n) is 3.90. The monoisotopic (exact) mass is 472 g/mol. The van der Waals surface area contributed by atoms with Crippen LogP contribution in [0.5, 0.6) is 0 Å². The molecule has 2 heterocycles. The maximum atomic E-state index is 13.5. The first-order chi connectivity index (χ1) is 15.3. The highest BCUT2D eigenvalue weighted by Crippen LogP contribution is 2.33. The quantitative estimate of drug-likeness (QED) is 0.453. The van der Waals surface area contributed by atoms with Crippen molar-refractivity contribution in [3.8, 4) is 11.3 Å². The van der Waals surface area contributed by atoms with E-state index in [-0.39, 0.29) is 21.3 Å². The van der Waals surface area contributed by atoms with Crippen LogP contribution in [0.1, 0.15) is 25.8 Å². The smallest absolute Gasteiger partial charge is 0.330 e. The number of benzene rings is 2. The van der Waals surface area contributed by atoms with Gasteiger partial charge in [0.05, 0.1) is 21.1 Å². The Hall–Kier alpha value is -2.87. The highest BCUT2D eigenvalue weighted by molar-refractivity contribution is 6.42. The molecular weight excluding hydrogens is 451 g/mol. The molecule has 9 heteroatoms. The van der Waals surface area contributed by atoms with Gasteiger partial charge in [-0.05, 0) is 37.1 Å². The van der Waals surface area contributed by atoms with Crippen LogP contribution in [0.4, 0.5) is 0 Å². The number of carbonyl (C=O) groups excluding carboxylic acids is 1. The first kappa shape index (κ1) is 22.3. The summed E-state index contributed by atoms with van der Waals surface area (Å²) in [6, 6.07) is 8.99. The summed E-state index contributed by atoms with van der Waals surface area (Å²) in [5, 5.41) is 1.39. The summed E-state index contributed by atoms with van der Waals surface area (Å²) in [5.74, 6) is -0.643. The van der Waals surface area contributed by atoms with E-state index in [4.69, 9.17) is 33.8 Å². The number of fused-ring (bicyclic) bond motifs is 2. The largest absolute Gasteiger partial charge is 0.347 e. The summed E-state index contributed by atoms with van der Waals surface area (Å²) in [4.78, 5) is 35.1. The van der Waals surface area contributed by atoms with Crippen LogP contribution in [-0.4, -0.2) is 26.8 Å². The number of nitrogens with two attached hydrogens (primary N) is 1. The minimum absolute atomic E-state index is 0.155. The lowest BCUT2D eigenvalue weighted by Crippen LogP contribution is -2.31. The minimum Gasteiger partial charge on any atom is -0.347 e. The van der Waals surface area contributed by atoms with Crippen molar-refractivity contribution in [1.82, 2.24) is 14.3 Å². The molecule has 0 saturated heterocycles. The molecule has 0 amide bonds. The van der Waals surface area contributed by atoms with Gasteiger partial charge in [-0.15, -0.1) is 4.73 Å². The van der Waals surface area contributed by atoms with E-state index in [0.29, 0.717) is 24.2 Å². The molecule has 4 rings (SSSR count). The zero-order chi connectivity index (χ0) is 23.0. The standard InChI is InChI=1S/C23H22Cl2N4O3/c1-3-14-6-4-7-15-16(12-28(22(14)15)9-5-8-26)21-23(31)29(32-13(2)30)20-11-18(25)17(24)10-19(20)27-21/h4,6-7,10-12H,3,5,8-9,26H2,1-2H3. The molecule has 2 aromatic carbocycles. The summed E-state index contributed by atoms with van der Waals surface area (Å²) in [7, 11) is 0. The Morgan fingerprint density at radius 1 is 1.22 bits per heavy atom. The first-order valence-corrected chi connectivity index (χ1v) is 11.0.